The molecule has 0 saturated carbocycles. The molecule has 27 rings (SSSR count). The van der Waals surface area contributed by atoms with E-state index in [0.29, 0.717) is 0 Å². The summed E-state index contributed by atoms with van der Waals surface area (Å²) in [7, 11) is 0. The second-order valence-electron chi connectivity index (χ2n) is 39.4. The van der Waals surface area contributed by atoms with Crippen molar-refractivity contribution in [2.24, 2.45) is 0 Å². The first-order chi connectivity index (χ1) is 67.3. The number of fused-ring (bicyclic) bond motifs is 17. The molecule has 0 atom stereocenters. The van der Waals surface area contributed by atoms with Gasteiger partial charge in [0.1, 0.15) is 0 Å². The molecule has 0 N–H and O–H groups in total. The molecule has 0 unspecified atom stereocenters. The minimum Gasteiger partial charge on any atom is -0.0622 e. The quantitative estimate of drug-likeness (QED) is 0.113. The van der Waals surface area contributed by atoms with Crippen LogP contribution >= 0.6 is 0 Å². The minimum absolute atomic E-state index is 0.0983. The van der Waals surface area contributed by atoms with Gasteiger partial charge in [-0.15, -0.1) is 0 Å². The van der Waals surface area contributed by atoms with Crippen LogP contribution in [0.3, 0.4) is 0 Å². The van der Waals surface area contributed by atoms with E-state index in [1.165, 1.54) is 275 Å². The fourth-order valence-electron chi connectivity index (χ4n) is 24.4. The van der Waals surface area contributed by atoms with Crippen LogP contribution in [0.4, 0.5) is 0 Å². The third kappa shape index (κ3) is 12.9. The van der Waals surface area contributed by atoms with Gasteiger partial charge in [-0.3, -0.25) is 0 Å². The Labute approximate surface area is 800 Å². The van der Waals surface area contributed by atoms with Crippen LogP contribution in [0.5, 0.6) is 0 Å². The molecule has 0 fully saturated rings. The zero-order valence-corrected chi connectivity index (χ0v) is 77.5. The molecule has 0 spiro atoms. The molecule has 0 radical (unpaired) electrons. The summed E-state index contributed by atoms with van der Waals surface area (Å²) in [6.07, 6.45) is 0. The van der Waals surface area contributed by atoms with Crippen LogP contribution in [0.25, 0.3) is 242 Å². The first kappa shape index (κ1) is 81.2. The number of benzene rings is 24. The van der Waals surface area contributed by atoms with Gasteiger partial charge in [-0.25, -0.2) is 0 Å². The predicted molar refractivity (Wildman–Crippen MR) is 585 cm³/mol. The fraction of sp³-hybridized carbons (Fsp3) is 0.0657. The number of rotatable bonds is 11. The Kier molecular flexibility index (Phi) is 18.8. The highest BCUT2D eigenvalue weighted by molar-refractivity contribution is 6.28. The van der Waals surface area contributed by atoms with E-state index >= 15 is 0 Å². The van der Waals surface area contributed by atoms with E-state index in [-0.39, 0.29) is 16.2 Å². The van der Waals surface area contributed by atoms with Gasteiger partial charge in [0.25, 0.3) is 0 Å². The molecule has 0 bridgehead atoms. The molecule has 644 valence electrons. The molecule has 24 aromatic rings. The van der Waals surface area contributed by atoms with Gasteiger partial charge in [-0.1, -0.05) is 484 Å². The van der Waals surface area contributed by atoms with Crippen LogP contribution in [0.15, 0.2) is 473 Å². The minimum atomic E-state index is -0.133. The SMILES string of the molecule is CC1(C)c2ccccc2-c2ccc(-c3c4ccccc4c(-c4ccc5c(-c6ccc7c(c6)C(C)(C)c6ccccc6-7)c6ccccc6c(-c6ccc7c(c6)C(C)(C)c6ccccc6-7)c5c4)c4ccccc34)cc21.c1ccc(-c2ccc(-c3c4ccccc4c(-c4ccc5c(-c6ccc(-c7ccccc7)cc6)c6ccccc6c(-c6ccc(-c7ccccc7)cc6)c5c4)c4ccccc34)cc2)cc1. The van der Waals surface area contributed by atoms with Gasteiger partial charge in [-0.2, -0.15) is 0 Å². The maximum Gasteiger partial charge on any atom is 0.0159 e. The first-order valence-corrected chi connectivity index (χ1v) is 48.3. The molecule has 137 heavy (non-hydrogen) atoms. The second kappa shape index (κ2) is 31.8. The lowest BCUT2D eigenvalue weighted by atomic mass is 9.79. The second-order valence-corrected chi connectivity index (χ2v) is 39.4. The van der Waals surface area contributed by atoms with E-state index in [1.54, 1.807) is 0 Å². The molecule has 0 aromatic heterocycles. The summed E-state index contributed by atoms with van der Waals surface area (Å²) in [6, 6.07) is 177. The Bertz CT molecular complexity index is 8980. The standard InChI is InChI=1S/C73H54.C64H42/c1-71(2)61-28-16-13-19-47(61)50-35-31-44(40-64(50)71)68-55-24-9-7-22-53(55)67(54-23-8-10-25-56(54)68)43-34-38-59-60(39-43)70(46-33-37-52-49-21-15-18-30-63(49)73(5,6)66(52)42-46)58-27-12-11-26-57(58)69(59)45-32-36-51-48-20-14-17-29-62(48)72(3,4)65(51)41-45;1-4-16-43(17-5-1)46-28-34-49(35-29-46)61-54-23-11-14-26-57(54)64(58-27-15-12-24-55(58)61)52-40-41-59-60(42-52)63(51-38-32-48(33-39-51)45-20-8-3-9-21-45)56-25-13-10-22-53(56)62(59)50-36-30-47(31-37-50)44-18-6-2-7-19-44/h7-42H,1-6H3;1-42H. The lowest BCUT2D eigenvalue weighted by Gasteiger charge is -2.24. The molecular weight excluding hydrogens is 1650 g/mol. The van der Waals surface area contributed by atoms with E-state index < -0.39 is 0 Å². The Hall–Kier alpha value is -16.6. The Morgan fingerprint density at radius 2 is 0.255 bits per heavy atom. The predicted octanol–water partition coefficient (Wildman–Crippen LogP) is 37.9. The number of hydrogen-bond acceptors (Lipinski definition) is 0. The highest BCUT2D eigenvalue weighted by Crippen LogP contribution is 2.58. The number of hydrogen-bond donors (Lipinski definition) is 0. The van der Waals surface area contributed by atoms with Crippen molar-refractivity contribution in [2.75, 3.05) is 0 Å². The molecule has 3 aliphatic rings. The van der Waals surface area contributed by atoms with Crippen LogP contribution in [0.2, 0.25) is 0 Å². The van der Waals surface area contributed by atoms with Crippen molar-refractivity contribution in [3.63, 3.8) is 0 Å². The van der Waals surface area contributed by atoms with Crippen molar-refractivity contribution in [3.8, 4) is 156 Å². The topological polar surface area (TPSA) is 0 Å². The van der Waals surface area contributed by atoms with Crippen LogP contribution in [0, 0.1) is 0 Å². The van der Waals surface area contributed by atoms with Gasteiger partial charge in [0.15, 0.2) is 0 Å². The Balaban J connectivity index is 0.000000143. The summed E-state index contributed by atoms with van der Waals surface area (Å²) in [5.41, 5.74) is 43.4. The van der Waals surface area contributed by atoms with E-state index in [9.17, 15) is 0 Å². The van der Waals surface area contributed by atoms with Crippen molar-refractivity contribution in [1.82, 2.24) is 0 Å². The molecule has 24 aromatic carbocycles. The Morgan fingerprint density at radius 1 is 0.102 bits per heavy atom. The average Bonchev–Trinajstić information content (AvgIpc) is 1.11. The van der Waals surface area contributed by atoms with E-state index in [0.717, 1.165) is 0 Å². The normalized spacial score (nSPS) is 13.4. The molecular formula is C137H96. The maximum atomic E-state index is 2.55. The first-order valence-electron chi connectivity index (χ1n) is 48.3. The molecule has 3 aliphatic carbocycles. The molecule has 0 saturated heterocycles. The average molecular weight is 1740 g/mol. The molecule has 0 heterocycles. The molecule has 0 heteroatoms. The lowest BCUT2D eigenvalue weighted by Crippen LogP contribution is -2.15. The summed E-state index contributed by atoms with van der Waals surface area (Å²) >= 11 is 0. The molecule has 0 amide bonds. The summed E-state index contributed by atoms with van der Waals surface area (Å²) in [4.78, 5) is 0. The smallest absolute Gasteiger partial charge is 0.0159 e. The van der Waals surface area contributed by atoms with Crippen molar-refractivity contribution >= 4 is 86.2 Å². The van der Waals surface area contributed by atoms with Gasteiger partial charge >= 0.3 is 0 Å². The highest BCUT2D eigenvalue weighted by atomic mass is 14.4. The van der Waals surface area contributed by atoms with Crippen LogP contribution in [0.1, 0.15) is 74.9 Å². The molecule has 0 aliphatic heterocycles. The third-order valence-corrected chi connectivity index (χ3v) is 30.9. The maximum absolute atomic E-state index is 2.55. The van der Waals surface area contributed by atoms with Crippen molar-refractivity contribution in [1.29, 1.82) is 0 Å². The van der Waals surface area contributed by atoms with E-state index in [1.807, 2.05) is 0 Å². The van der Waals surface area contributed by atoms with E-state index in [4.69, 9.17) is 0 Å². The van der Waals surface area contributed by atoms with Crippen LogP contribution in [-0.2, 0) is 16.2 Å². The molecule has 0 nitrogen and oxygen atoms in total. The lowest BCUT2D eigenvalue weighted by molar-refractivity contribution is 0.660. The van der Waals surface area contributed by atoms with Crippen molar-refractivity contribution < 1.29 is 0 Å². The van der Waals surface area contributed by atoms with Gasteiger partial charge < -0.3 is 0 Å². The summed E-state index contributed by atoms with van der Waals surface area (Å²) in [5.74, 6) is 0. The van der Waals surface area contributed by atoms with Crippen LogP contribution in [-0.4, -0.2) is 0 Å². The zero-order valence-electron chi connectivity index (χ0n) is 77.5. The monoisotopic (exact) mass is 1740 g/mol. The van der Waals surface area contributed by atoms with E-state index in [2.05, 4.69) is 515 Å². The van der Waals surface area contributed by atoms with Gasteiger partial charge in [0, 0.05) is 16.2 Å². The van der Waals surface area contributed by atoms with Crippen LogP contribution < -0.4 is 0 Å². The highest BCUT2D eigenvalue weighted by Gasteiger charge is 2.40. The zero-order chi connectivity index (χ0) is 91.5. The summed E-state index contributed by atoms with van der Waals surface area (Å²) in [6.45, 7) is 14.4. The largest absolute Gasteiger partial charge is 0.0622 e. The van der Waals surface area contributed by atoms with Gasteiger partial charge in [0.05, 0.1) is 0 Å². The summed E-state index contributed by atoms with van der Waals surface area (Å²) in [5, 5.41) is 20.1. The van der Waals surface area contributed by atoms with Crippen molar-refractivity contribution in [3.05, 3.63) is 507 Å². The third-order valence-electron chi connectivity index (χ3n) is 30.9. The van der Waals surface area contributed by atoms with Gasteiger partial charge in [0.2, 0.25) is 0 Å². The Morgan fingerprint density at radius 3 is 0.504 bits per heavy atom. The van der Waals surface area contributed by atoms with Crippen molar-refractivity contribution in [2.45, 2.75) is 57.8 Å². The fourth-order valence-corrected chi connectivity index (χ4v) is 24.4. The van der Waals surface area contributed by atoms with Gasteiger partial charge in [-0.05, 0) is 306 Å². The summed E-state index contributed by atoms with van der Waals surface area (Å²) < 4.78 is 0.